The van der Waals surface area contributed by atoms with E-state index in [0.29, 0.717) is 30.7 Å². The van der Waals surface area contributed by atoms with Crippen molar-refractivity contribution in [3.63, 3.8) is 0 Å². The lowest BCUT2D eigenvalue weighted by atomic mass is 10.2. The van der Waals surface area contributed by atoms with Crippen LogP contribution >= 0.6 is 11.6 Å². The molecule has 0 N–H and O–H groups in total. The summed E-state index contributed by atoms with van der Waals surface area (Å²) in [6, 6.07) is 1.84. The van der Waals surface area contributed by atoms with Gasteiger partial charge in [0.15, 0.2) is 0 Å². The fraction of sp³-hybridized carbons (Fsp3) is 0.722. The number of aromatic nitrogens is 2. The van der Waals surface area contributed by atoms with Gasteiger partial charge in [-0.05, 0) is 40.5 Å². The van der Waals surface area contributed by atoms with Crippen molar-refractivity contribution in [3.8, 4) is 0 Å². The molecule has 2 aliphatic heterocycles. The Bertz CT molecular complexity index is 657. The Morgan fingerprint density at radius 2 is 1.85 bits per heavy atom. The van der Waals surface area contributed by atoms with Crippen LogP contribution < -0.4 is 9.80 Å². The van der Waals surface area contributed by atoms with Crippen molar-refractivity contribution < 1.29 is 9.53 Å². The lowest BCUT2D eigenvalue weighted by Crippen LogP contribution is -2.55. The average Bonchev–Trinajstić information content (AvgIpc) is 3.07. The minimum Gasteiger partial charge on any atom is -0.444 e. The summed E-state index contributed by atoms with van der Waals surface area (Å²) >= 11 is 6.25. The Balaban J connectivity index is 1.69. The summed E-state index contributed by atoms with van der Waals surface area (Å²) in [5.41, 5.74) is -0.491. The third kappa shape index (κ3) is 4.50. The van der Waals surface area contributed by atoms with Crippen molar-refractivity contribution in [1.82, 2.24) is 14.9 Å². The molecule has 8 heteroatoms. The number of halogens is 1. The molecule has 0 aromatic carbocycles. The number of amides is 1. The zero-order valence-electron chi connectivity index (χ0n) is 16.0. The summed E-state index contributed by atoms with van der Waals surface area (Å²) < 4.78 is 5.50. The highest BCUT2D eigenvalue weighted by Gasteiger charge is 2.32. The number of piperazine rings is 1. The van der Waals surface area contributed by atoms with E-state index < -0.39 is 5.60 Å². The largest absolute Gasteiger partial charge is 0.444 e. The van der Waals surface area contributed by atoms with Crippen LogP contribution in [0.25, 0.3) is 0 Å². The van der Waals surface area contributed by atoms with E-state index >= 15 is 0 Å². The van der Waals surface area contributed by atoms with E-state index in [2.05, 4.69) is 14.8 Å². The van der Waals surface area contributed by atoms with Gasteiger partial charge in [0.05, 0.1) is 0 Å². The topological polar surface area (TPSA) is 61.8 Å². The zero-order valence-corrected chi connectivity index (χ0v) is 16.8. The van der Waals surface area contributed by atoms with E-state index in [-0.39, 0.29) is 12.1 Å². The van der Waals surface area contributed by atoms with Crippen LogP contribution in [0.1, 0.15) is 40.5 Å². The Morgan fingerprint density at radius 3 is 2.46 bits per heavy atom. The first-order chi connectivity index (χ1) is 12.2. The molecule has 0 unspecified atom stereocenters. The fourth-order valence-electron chi connectivity index (χ4n) is 3.37. The molecule has 0 radical (unpaired) electrons. The molecule has 2 fully saturated rings. The Labute approximate surface area is 160 Å². The fourth-order valence-corrected chi connectivity index (χ4v) is 3.55. The van der Waals surface area contributed by atoms with Crippen LogP contribution in [0.3, 0.4) is 0 Å². The van der Waals surface area contributed by atoms with Gasteiger partial charge in [-0.2, -0.15) is 4.98 Å². The van der Waals surface area contributed by atoms with Crippen LogP contribution in [0.2, 0.25) is 5.15 Å². The third-order valence-electron chi connectivity index (χ3n) is 4.64. The van der Waals surface area contributed by atoms with Crippen LogP contribution in [0.5, 0.6) is 0 Å². The number of rotatable bonds is 2. The van der Waals surface area contributed by atoms with Crippen molar-refractivity contribution in [1.29, 1.82) is 0 Å². The van der Waals surface area contributed by atoms with Crippen molar-refractivity contribution in [2.24, 2.45) is 0 Å². The van der Waals surface area contributed by atoms with Crippen LogP contribution in [-0.2, 0) is 4.74 Å². The molecule has 2 saturated heterocycles. The second-order valence-corrected chi connectivity index (χ2v) is 8.40. The number of hydrogen-bond donors (Lipinski definition) is 0. The number of carbonyl (C=O) groups is 1. The van der Waals surface area contributed by atoms with E-state index in [1.54, 1.807) is 4.90 Å². The van der Waals surface area contributed by atoms with Gasteiger partial charge in [-0.25, -0.2) is 9.78 Å². The van der Waals surface area contributed by atoms with Gasteiger partial charge in [-0.15, -0.1) is 0 Å². The third-order valence-corrected chi connectivity index (χ3v) is 4.83. The predicted octanol–water partition coefficient (Wildman–Crippen LogP) is 3.18. The molecule has 0 aliphatic carbocycles. The van der Waals surface area contributed by atoms with Crippen molar-refractivity contribution >= 4 is 29.5 Å². The molecule has 3 heterocycles. The molecule has 0 saturated carbocycles. The first-order valence-corrected chi connectivity index (χ1v) is 9.65. The maximum absolute atomic E-state index is 12.4. The molecule has 1 aromatic heterocycles. The highest BCUT2D eigenvalue weighted by molar-refractivity contribution is 6.29. The second kappa shape index (κ2) is 7.47. The van der Waals surface area contributed by atoms with Gasteiger partial charge in [0.1, 0.15) is 16.6 Å². The van der Waals surface area contributed by atoms with Crippen LogP contribution in [-0.4, -0.2) is 65.3 Å². The van der Waals surface area contributed by atoms with Crippen LogP contribution in [0.15, 0.2) is 6.07 Å². The molecule has 1 aromatic rings. The molecule has 144 valence electrons. The molecule has 0 spiro atoms. The minimum atomic E-state index is -0.491. The molecule has 7 nitrogen and oxygen atoms in total. The number of nitrogens with zero attached hydrogens (tertiary/aromatic N) is 5. The Morgan fingerprint density at radius 1 is 1.15 bits per heavy atom. The molecule has 3 rings (SSSR count). The highest BCUT2D eigenvalue weighted by Crippen LogP contribution is 2.25. The molecule has 26 heavy (non-hydrogen) atoms. The molecule has 1 atom stereocenters. The van der Waals surface area contributed by atoms with Gasteiger partial charge in [-0.1, -0.05) is 11.6 Å². The summed E-state index contributed by atoms with van der Waals surface area (Å²) in [6.45, 7) is 11.6. The average molecular weight is 382 g/mol. The summed E-state index contributed by atoms with van der Waals surface area (Å²) in [5.74, 6) is 1.52. The van der Waals surface area contributed by atoms with E-state index in [9.17, 15) is 4.79 Å². The van der Waals surface area contributed by atoms with Gasteiger partial charge < -0.3 is 19.4 Å². The lowest BCUT2D eigenvalue weighted by molar-refractivity contribution is 0.0158. The maximum Gasteiger partial charge on any atom is 0.410 e. The van der Waals surface area contributed by atoms with Gasteiger partial charge in [0, 0.05) is 44.8 Å². The van der Waals surface area contributed by atoms with Gasteiger partial charge in [-0.3, -0.25) is 0 Å². The Kier molecular flexibility index (Phi) is 5.46. The van der Waals surface area contributed by atoms with Gasteiger partial charge in [0.25, 0.3) is 0 Å². The second-order valence-electron chi connectivity index (χ2n) is 8.01. The summed E-state index contributed by atoms with van der Waals surface area (Å²) in [6.07, 6.45) is 2.10. The monoisotopic (exact) mass is 381 g/mol. The first-order valence-electron chi connectivity index (χ1n) is 9.27. The van der Waals surface area contributed by atoms with Crippen LogP contribution in [0, 0.1) is 0 Å². The SMILES string of the molecule is C[C@H]1CN(c2nc(Cl)cc(N3CCCC3)n2)CCN1C(=O)OC(C)(C)C. The van der Waals surface area contributed by atoms with E-state index in [0.717, 1.165) is 18.9 Å². The predicted molar refractivity (Wildman–Crippen MR) is 103 cm³/mol. The molecule has 1 amide bonds. The van der Waals surface area contributed by atoms with Crippen molar-refractivity contribution in [2.45, 2.75) is 52.2 Å². The zero-order chi connectivity index (χ0) is 18.9. The van der Waals surface area contributed by atoms with Gasteiger partial charge in [0.2, 0.25) is 5.95 Å². The number of anilines is 2. The molecule has 0 bridgehead atoms. The first kappa shape index (κ1) is 19.0. The standard InChI is InChI=1S/C18H28ClN5O2/c1-13-12-23(9-10-24(13)17(25)26-18(2,3)4)16-20-14(19)11-15(21-16)22-7-5-6-8-22/h11,13H,5-10,12H2,1-4H3/t13-/m0/s1. The normalized spacial score (nSPS) is 21.3. The van der Waals surface area contributed by atoms with Gasteiger partial charge >= 0.3 is 6.09 Å². The Hall–Kier alpha value is -1.76. The van der Waals surface area contributed by atoms with Crippen LogP contribution in [0.4, 0.5) is 16.6 Å². The lowest BCUT2D eigenvalue weighted by Gasteiger charge is -2.40. The molecular formula is C18H28ClN5O2. The van der Waals surface area contributed by atoms with E-state index in [1.807, 2.05) is 33.8 Å². The summed E-state index contributed by atoms with van der Waals surface area (Å²) in [7, 11) is 0. The van der Waals surface area contributed by atoms with E-state index in [4.69, 9.17) is 21.3 Å². The quantitative estimate of drug-likeness (QED) is 0.733. The number of ether oxygens (including phenoxy) is 1. The maximum atomic E-state index is 12.4. The number of hydrogen-bond acceptors (Lipinski definition) is 6. The summed E-state index contributed by atoms with van der Waals surface area (Å²) in [4.78, 5) is 27.6. The smallest absolute Gasteiger partial charge is 0.410 e. The molecule has 2 aliphatic rings. The highest BCUT2D eigenvalue weighted by atomic mass is 35.5. The number of carbonyl (C=O) groups excluding carboxylic acids is 1. The van der Waals surface area contributed by atoms with E-state index in [1.165, 1.54) is 12.8 Å². The summed E-state index contributed by atoms with van der Waals surface area (Å²) in [5, 5.41) is 0.458. The minimum absolute atomic E-state index is 0.0106. The van der Waals surface area contributed by atoms with Crippen molar-refractivity contribution in [3.05, 3.63) is 11.2 Å². The molecular weight excluding hydrogens is 354 g/mol. The van der Waals surface area contributed by atoms with Crippen molar-refractivity contribution in [2.75, 3.05) is 42.5 Å².